The van der Waals surface area contributed by atoms with Gasteiger partial charge in [-0.05, 0) is 62.2 Å². The number of hydrogen-bond acceptors (Lipinski definition) is 1. The Morgan fingerprint density at radius 3 is 2.00 bits per heavy atom. The van der Waals surface area contributed by atoms with E-state index in [2.05, 4.69) is 6.92 Å². The quantitative estimate of drug-likeness (QED) is 0.713. The van der Waals surface area contributed by atoms with Gasteiger partial charge in [0.25, 0.3) is 0 Å². The van der Waals surface area contributed by atoms with Crippen LogP contribution in [0.15, 0.2) is 0 Å². The molecule has 0 aromatic carbocycles. The van der Waals surface area contributed by atoms with Gasteiger partial charge in [-0.1, -0.05) is 32.6 Å². The lowest BCUT2D eigenvalue weighted by Crippen LogP contribution is -2.62. The second-order valence-electron chi connectivity index (χ2n) is 7.23. The van der Waals surface area contributed by atoms with E-state index in [1.54, 1.807) is 6.42 Å². The molecule has 4 fully saturated rings. The van der Waals surface area contributed by atoms with E-state index in [1.807, 2.05) is 0 Å². The van der Waals surface area contributed by atoms with Gasteiger partial charge in [0.2, 0.25) is 0 Å². The second-order valence-corrected chi connectivity index (χ2v) is 7.23. The maximum atomic E-state index is 6.87. The maximum Gasteiger partial charge on any atom is 0.0211 e. The van der Waals surface area contributed by atoms with Crippen LogP contribution >= 0.6 is 0 Å². The summed E-state index contributed by atoms with van der Waals surface area (Å²) in [6, 6.07) is 0. The van der Waals surface area contributed by atoms with E-state index in [4.69, 9.17) is 5.73 Å². The van der Waals surface area contributed by atoms with Gasteiger partial charge in [-0.15, -0.1) is 0 Å². The molecule has 0 unspecified atom stereocenters. The van der Waals surface area contributed by atoms with Crippen LogP contribution in [-0.4, -0.2) is 5.54 Å². The highest BCUT2D eigenvalue weighted by molar-refractivity contribution is 5.09. The first-order chi connectivity index (χ1) is 8.22. The molecule has 0 heterocycles. The summed E-state index contributed by atoms with van der Waals surface area (Å²) in [5.74, 6) is 3.90. The molecule has 4 rings (SSSR count). The molecule has 4 aliphatic rings. The van der Waals surface area contributed by atoms with Crippen molar-refractivity contribution in [2.45, 2.75) is 76.7 Å². The maximum absolute atomic E-state index is 6.87. The third kappa shape index (κ3) is 2.05. The van der Waals surface area contributed by atoms with Crippen LogP contribution in [0.3, 0.4) is 0 Å². The first-order valence-corrected chi connectivity index (χ1v) is 8.01. The van der Waals surface area contributed by atoms with Crippen LogP contribution in [0.4, 0.5) is 0 Å². The number of nitrogens with two attached hydrogens (primary N) is 1. The van der Waals surface area contributed by atoms with Gasteiger partial charge in [0.1, 0.15) is 0 Å². The molecule has 0 radical (unpaired) electrons. The van der Waals surface area contributed by atoms with E-state index in [1.165, 1.54) is 57.8 Å². The van der Waals surface area contributed by atoms with Gasteiger partial charge in [0.15, 0.2) is 0 Å². The lowest BCUT2D eigenvalue weighted by atomic mass is 9.48. The van der Waals surface area contributed by atoms with Gasteiger partial charge in [-0.2, -0.15) is 0 Å². The summed E-state index contributed by atoms with van der Waals surface area (Å²) in [5, 5.41) is 0. The Labute approximate surface area is 107 Å². The van der Waals surface area contributed by atoms with Crippen LogP contribution in [0.5, 0.6) is 0 Å². The van der Waals surface area contributed by atoms with Crippen molar-refractivity contribution >= 4 is 0 Å². The molecule has 0 amide bonds. The van der Waals surface area contributed by atoms with Crippen LogP contribution < -0.4 is 5.73 Å². The van der Waals surface area contributed by atoms with Gasteiger partial charge in [0, 0.05) is 5.54 Å². The minimum Gasteiger partial charge on any atom is -0.325 e. The summed E-state index contributed by atoms with van der Waals surface area (Å²) >= 11 is 0. The summed E-state index contributed by atoms with van der Waals surface area (Å²) in [5.41, 5.74) is 7.12. The molecule has 17 heavy (non-hydrogen) atoms. The van der Waals surface area contributed by atoms with Crippen LogP contribution in [0, 0.1) is 23.7 Å². The fourth-order valence-electron chi connectivity index (χ4n) is 5.33. The molecule has 0 aliphatic heterocycles. The standard InChI is InChI=1S/C16H29N/c1-2-3-4-5-6-16(17)14-8-12-7-13(10-14)11-15(16)9-12/h12-15H,2-11,17H2,1H3. The monoisotopic (exact) mass is 235 g/mol. The fourth-order valence-corrected chi connectivity index (χ4v) is 5.33. The largest absolute Gasteiger partial charge is 0.325 e. The van der Waals surface area contributed by atoms with Gasteiger partial charge < -0.3 is 5.73 Å². The van der Waals surface area contributed by atoms with Crippen molar-refractivity contribution in [3.63, 3.8) is 0 Å². The highest BCUT2D eigenvalue weighted by Crippen LogP contribution is 2.58. The topological polar surface area (TPSA) is 26.0 Å². The van der Waals surface area contributed by atoms with Gasteiger partial charge in [-0.3, -0.25) is 0 Å². The molecule has 98 valence electrons. The zero-order valence-corrected chi connectivity index (χ0v) is 11.5. The summed E-state index contributed by atoms with van der Waals surface area (Å²) in [6.07, 6.45) is 14.3. The minimum atomic E-state index is 0.251. The Morgan fingerprint density at radius 1 is 0.882 bits per heavy atom. The van der Waals surface area contributed by atoms with Crippen molar-refractivity contribution in [1.82, 2.24) is 0 Å². The predicted molar refractivity (Wildman–Crippen MR) is 72.7 cm³/mol. The summed E-state index contributed by atoms with van der Waals surface area (Å²) in [4.78, 5) is 0. The van der Waals surface area contributed by atoms with Crippen molar-refractivity contribution in [3.05, 3.63) is 0 Å². The molecule has 1 nitrogen and oxygen atoms in total. The average Bonchev–Trinajstić information content (AvgIpc) is 2.31. The lowest BCUT2D eigenvalue weighted by Gasteiger charge is -2.60. The third-order valence-corrected chi connectivity index (χ3v) is 6.12. The van der Waals surface area contributed by atoms with Crippen molar-refractivity contribution in [3.8, 4) is 0 Å². The molecule has 0 aromatic heterocycles. The molecule has 4 bridgehead atoms. The molecule has 0 aromatic rings. The smallest absolute Gasteiger partial charge is 0.0211 e. The molecule has 0 saturated heterocycles. The molecule has 0 atom stereocenters. The highest BCUT2D eigenvalue weighted by atomic mass is 14.8. The zero-order valence-electron chi connectivity index (χ0n) is 11.5. The van der Waals surface area contributed by atoms with Gasteiger partial charge in [-0.25, -0.2) is 0 Å². The van der Waals surface area contributed by atoms with Gasteiger partial charge in [0.05, 0.1) is 0 Å². The Bertz CT molecular complexity index is 243. The lowest BCUT2D eigenvalue weighted by molar-refractivity contribution is -0.0595. The Balaban J connectivity index is 1.61. The minimum absolute atomic E-state index is 0.251. The summed E-state index contributed by atoms with van der Waals surface area (Å²) in [6.45, 7) is 2.29. The van der Waals surface area contributed by atoms with Crippen LogP contribution in [-0.2, 0) is 0 Å². The zero-order chi connectivity index (χ0) is 11.9. The average molecular weight is 235 g/mol. The second kappa shape index (κ2) is 4.57. The molecule has 0 spiro atoms. The highest BCUT2D eigenvalue weighted by Gasteiger charge is 2.54. The number of hydrogen-bond donors (Lipinski definition) is 1. The van der Waals surface area contributed by atoms with Crippen molar-refractivity contribution in [2.75, 3.05) is 0 Å². The van der Waals surface area contributed by atoms with Crippen LogP contribution in [0.2, 0.25) is 0 Å². The molecule has 1 heteroatoms. The van der Waals surface area contributed by atoms with E-state index >= 15 is 0 Å². The third-order valence-electron chi connectivity index (χ3n) is 6.12. The Morgan fingerprint density at radius 2 is 1.47 bits per heavy atom. The van der Waals surface area contributed by atoms with Crippen molar-refractivity contribution < 1.29 is 0 Å². The molecular weight excluding hydrogens is 206 g/mol. The van der Waals surface area contributed by atoms with E-state index in [0.717, 1.165) is 23.7 Å². The predicted octanol–water partition coefficient (Wildman–Crippen LogP) is 4.11. The first-order valence-electron chi connectivity index (χ1n) is 8.01. The van der Waals surface area contributed by atoms with Gasteiger partial charge >= 0.3 is 0 Å². The molecule has 2 N–H and O–H groups in total. The normalized spacial score (nSPS) is 47.6. The first kappa shape index (κ1) is 12.0. The van der Waals surface area contributed by atoms with E-state index in [-0.39, 0.29) is 5.54 Å². The van der Waals surface area contributed by atoms with Crippen molar-refractivity contribution in [1.29, 1.82) is 0 Å². The summed E-state index contributed by atoms with van der Waals surface area (Å²) < 4.78 is 0. The number of unbranched alkanes of at least 4 members (excludes halogenated alkanes) is 3. The molecule has 4 saturated carbocycles. The molecule has 4 aliphatic carbocycles. The number of rotatable bonds is 5. The van der Waals surface area contributed by atoms with E-state index < -0.39 is 0 Å². The fraction of sp³-hybridized carbons (Fsp3) is 1.00. The van der Waals surface area contributed by atoms with E-state index in [9.17, 15) is 0 Å². The summed E-state index contributed by atoms with van der Waals surface area (Å²) in [7, 11) is 0. The Kier molecular flexibility index (Phi) is 3.23. The molecular formula is C16H29N. The van der Waals surface area contributed by atoms with Crippen molar-refractivity contribution in [2.24, 2.45) is 29.4 Å². The SMILES string of the molecule is CCCCCCC1(N)C2CC3CC(C2)CC1C3. The van der Waals surface area contributed by atoms with E-state index in [0.29, 0.717) is 0 Å². The van der Waals surface area contributed by atoms with Crippen LogP contribution in [0.1, 0.15) is 71.1 Å². The Hall–Kier alpha value is -0.0400. The van der Waals surface area contributed by atoms with Crippen LogP contribution in [0.25, 0.3) is 0 Å².